The molecule has 19 heavy (non-hydrogen) atoms. The molecule has 96 valence electrons. The fourth-order valence-electron chi connectivity index (χ4n) is 1.95. The molecule has 6 heteroatoms. The highest BCUT2D eigenvalue weighted by atomic mass is 16.3. The summed E-state index contributed by atoms with van der Waals surface area (Å²) in [5.41, 5.74) is 2.77. The van der Waals surface area contributed by atoms with Crippen LogP contribution in [0.15, 0.2) is 35.2 Å². The van der Waals surface area contributed by atoms with Crippen LogP contribution in [0.5, 0.6) is 0 Å². The Morgan fingerprint density at radius 3 is 3.16 bits per heavy atom. The summed E-state index contributed by atoms with van der Waals surface area (Å²) in [7, 11) is 0. The molecule has 0 unspecified atom stereocenters. The lowest BCUT2D eigenvalue weighted by atomic mass is 10.1. The lowest BCUT2D eigenvalue weighted by Crippen LogP contribution is -2.15. The maximum absolute atomic E-state index is 11.9. The summed E-state index contributed by atoms with van der Waals surface area (Å²) in [4.78, 5) is 15.7. The third kappa shape index (κ3) is 2.33. The standard InChI is InChI=1S/C13H12N4O2/c1-8-2-3-11-10(4-8)9(6-19-11)5-12(18)16-13-14-7-15-17-13/h2-4,6-7H,5H2,1H3,(H2,14,15,16,17,18). The Labute approximate surface area is 108 Å². The number of carbonyl (C=O) groups is 1. The zero-order valence-electron chi connectivity index (χ0n) is 10.3. The minimum absolute atomic E-state index is 0.166. The first-order valence-electron chi connectivity index (χ1n) is 5.84. The summed E-state index contributed by atoms with van der Waals surface area (Å²) in [6.07, 6.45) is 3.19. The minimum Gasteiger partial charge on any atom is -0.464 e. The Bertz CT molecular complexity index is 715. The van der Waals surface area contributed by atoms with E-state index < -0.39 is 0 Å². The number of furan rings is 1. The van der Waals surface area contributed by atoms with Crippen LogP contribution in [-0.4, -0.2) is 21.1 Å². The number of hydrogen-bond acceptors (Lipinski definition) is 4. The van der Waals surface area contributed by atoms with E-state index in [4.69, 9.17) is 4.42 Å². The van der Waals surface area contributed by atoms with Gasteiger partial charge in [0, 0.05) is 10.9 Å². The average Bonchev–Trinajstić information content (AvgIpc) is 3.00. The maximum Gasteiger partial charge on any atom is 0.231 e. The van der Waals surface area contributed by atoms with E-state index in [1.807, 2.05) is 25.1 Å². The minimum atomic E-state index is -0.166. The van der Waals surface area contributed by atoms with Crippen LogP contribution in [0.2, 0.25) is 0 Å². The average molecular weight is 256 g/mol. The van der Waals surface area contributed by atoms with Crippen LogP contribution in [0.1, 0.15) is 11.1 Å². The Morgan fingerprint density at radius 2 is 2.37 bits per heavy atom. The number of amides is 1. The predicted molar refractivity (Wildman–Crippen MR) is 69.7 cm³/mol. The van der Waals surface area contributed by atoms with Crippen molar-refractivity contribution in [1.29, 1.82) is 0 Å². The second-order valence-corrected chi connectivity index (χ2v) is 4.32. The van der Waals surface area contributed by atoms with E-state index in [-0.39, 0.29) is 12.3 Å². The van der Waals surface area contributed by atoms with Crippen molar-refractivity contribution in [3.05, 3.63) is 41.9 Å². The molecule has 1 amide bonds. The Hall–Kier alpha value is -2.63. The number of aryl methyl sites for hydroxylation is 1. The molecule has 0 fully saturated rings. The van der Waals surface area contributed by atoms with Crippen LogP contribution in [0, 0.1) is 6.92 Å². The van der Waals surface area contributed by atoms with Crippen molar-refractivity contribution in [2.75, 3.05) is 5.32 Å². The van der Waals surface area contributed by atoms with E-state index in [0.29, 0.717) is 5.95 Å². The molecular formula is C13H12N4O2. The van der Waals surface area contributed by atoms with Crippen molar-refractivity contribution >= 4 is 22.8 Å². The van der Waals surface area contributed by atoms with Crippen LogP contribution in [0.3, 0.4) is 0 Å². The second-order valence-electron chi connectivity index (χ2n) is 4.32. The van der Waals surface area contributed by atoms with Crippen molar-refractivity contribution in [3.8, 4) is 0 Å². The summed E-state index contributed by atoms with van der Waals surface area (Å²) in [6.45, 7) is 2.00. The summed E-state index contributed by atoms with van der Waals surface area (Å²) in [5, 5.41) is 9.84. The number of anilines is 1. The van der Waals surface area contributed by atoms with Crippen molar-refractivity contribution < 1.29 is 9.21 Å². The molecule has 2 aromatic heterocycles. The summed E-state index contributed by atoms with van der Waals surface area (Å²) in [5.74, 6) is 0.176. The molecule has 1 aromatic carbocycles. The quantitative estimate of drug-likeness (QED) is 0.751. The number of aromatic nitrogens is 3. The fraction of sp³-hybridized carbons (Fsp3) is 0.154. The van der Waals surface area contributed by atoms with E-state index in [2.05, 4.69) is 20.5 Å². The van der Waals surface area contributed by atoms with Gasteiger partial charge in [0.15, 0.2) is 0 Å². The van der Waals surface area contributed by atoms with E-state index in [9.17, 15) is 4.79 Å². The van der Waals surface area contributed by atoms with Gasteiger partial charge in [0.2, 0.25) is 11.9 Å². The molecule has 0 aliphatic rings. The van der Waals surface area contributed by atoms with Crippen molar-refractivity contribution in [3.63, 3.8) is 0 Å². The molecule has 0 aliphatic heterocycles. The summed E-state index contributed by atoms with van der Waals surface area (Å²) < 4.78 is 5.42. The second kappa shape index (κ2) is 4.56. The van der Waals surface area contributed by atoms with E-state index in [1.165, 1.54) is 6.33 Å². The zero-order chi connectivity index (χ0) is 13.2. The number of H-pyrrole nitrogens is 1. The smallest absolute Gasteiger partial charge is 0.231 e. The number of rotatable bonds is 3. The number of benzene rings is 1. The monoisotopic (exact) mass is 256 g/mol. The predicted octanol–water partition coefficient (Wildman–Crippen LogP) is 2.04. The van der Waals surface area contributed by atoms with Gasteiger partial charge in [-0.25, -0.2) is 5.10 Å². The molecule has 0 saturated heterocycles. The van der Waals surface area contributed by atoms with Gasteiger partial charge in [-0.05, 0) is 19.1 Å². The van der Waals surface area contributed by atoms with Gasteiger partial charge in [0.25, 0.3) is 0 Å². The normalized spacial score (nSPS) is 10.8. The molecule has 2 heterocycles. The molecule has 3 aromatic rings. The van der Waals surface area contributed by atoms with Crippen LogP contribution in [0.25, 0.3) is 11.0 Å². The number of nitrogens with one attached hydrogen (secondary N) is 2. The third-order valence-corrected chi connectivity index (χ3v) is 2.83. The lowest BCUT2D eigenvalue weighted by molar-refractivity contribution is -0.115. The Morgan fingerprint density at radius 1 is 1.47 bits per heavy atom. The van der Waals surface area contributed by atoms with Gasteiger partial charge in [-0.15, -0.1) is 0 Å². The van der Waals surface area contributed by atoms with Crippen LogP contribution < -0.4 is 5.32 Å². The number of nitrogens with zero attached hydrogens (tertiary/aromatic N) is 2. The Balaban J connectivity index is 1.81. The fourth-order valence-corrected chi connectivity index (χ4v) is 1.95. The third-order valence-electron chi connectivity index (χ3n) is 2.83. The Kier molecular flexibility index (Phi) is 2.75. The molecule has 0 saturated carbocycles. The highest BCUT2D eigenvalue weighted by Crippen LogP contribution is 2.22. The van der Waals surface area contributed by atoms with Gasteiger partial charge < -0.3 is 4.42 Å². The van der Waals surface area contributed by atoms with Gasteiger partial charge in [-0.3, -0.25) is 10.1 Å². The van der Waals surface area contributed by atoms with Crippen LogP contribution in [-0.2, 0) is 11.2 Å². The van der Waals surface area contributed by atoms with Crippen molar-refractivity contribution in [2.24, 2.45) is 0 Å². The number of hydrogen-bond donors (Lipinski definition) is 2. The van der Waals surface area contributed by atoms with Crippen LogP contribution in [0.4, 0.5) is 5.95 Å². The first kappa shape index (κ1) is 11.5. The first-order chi connectivity index (χ1) is 9.22. The van der Waals surface area contributed by atoms with E-state index >= 15 is 0 Å². The highest BCUT2D eigenvalue weighted by molar-refractivity contribution is 5.94. The first-order valence-corrected chi connectivity index (χ1v) is 5.84. The lowest BCUT2D eigenvalue weighted by Gasteiger charge is -2.00. The highest BCUT2D eigenvalue weighted by Gasteiger charge is 2.11. The van der Waals surface area contributed by atoms with Crippen molar-refractivity contribution in [2.45, 2.75) is 13.3 Å². The summed E-state index contributed by atoms with van der Waals surface area (Å²) in [6, 6.07) is 5.89. The molecule has 0 radical (unpaired) electrons. The van der Waals surface area contributed by atoms with Gasteiger partial charge in [0.1, 0.15) is 11.9 Å². The van der Waals surface area contributed by atoms with Crippen molar-refractivity contribution in [1.82, 2.24) is 15.2 Å². The van der Waals surface area contributed by atoms with Gasteiger partial charge in [-0.1, -0.05) is 11.6 Å². The van der Waals surface area contributed by atoms with Gasteiger partial charge in [-0.2, -0.15) is 10.1 Å². The number of fused-ring (bicyclic) bond motifs is 1. The largest absolute Gasteiger partial charge is 0.464 e. The SMILES string of the molecule is Cc1ccc2occ(CC(=O)Nc3ncn[nH]3)c2c1. The molecule has 2 N–H and O–H groups in total. The zero-order valence-corrected chi connectivity index (χ0v) is 10.3. The molecule has 0 atom stereocenters. The molecule has 0 aliphatic carbocycles. The molecule has 0 bridgehead atoms. The summed E-state index contributed by atoms with van der Waals surface area (Å²) >= 11 is 0. The van der Waals surface area contributed by atoms with E-state index in [1.54, 1.807) is 6.26 Å². The number of carbonyl (C=O) groups excluding carboxylic acids is 1. The topological polar surface area (TPSA) is 83.8 Å². The molecular weight excluding hydrogens is 244 g/mol. The van der Waals surface area contributed by atoms with Crippen LogP contribution >= 0.6 is 0 Å². The molecule has 6 nitrogen and oxygen atoms in total. The maximum atomic E-state index is 11.9. The molecule has 3 rings (SSSR count). The molecule has 0 spiro atoms. The van der Waals surface area contributed by atoms with E-state index in [0.717, 1.165) is 22.1 Å². The van der Waals surface area contributed by atoms with Gasteiger partial charge in [0.05, 0.1) is 12.7 Å². The van der Waals surface area contributed by atoms with Gasteiger partial charge >= 0.3 is 0 Å². The number of aromatic amines is 1.